The minimum absolute atomic E-state index is 0.0869. The Morgan fingerprint density at radius 2 is 1.28 bits per heavy atom. The molecular weight excluding hydrogens is 364 g/mol. The van der Waals surface area contributed by atoms with Gasteiger partial charge in [-0.15, -0.1) is 0 Å². The Balaban J connectivity index is 0. The molecule has 0 rings (SSSR count). The number of unbranched alkanes of at least 4 members (excludes halogenated alkanes) is 7. The van der Waals surface area contributed by atoms with Crippen molar-refractivity contribution in [2.75, 3.05) is 7.11 Å². The van der Waals surface area contributed by atoms with Gasteiger partial charge in [-0.2, -0.15) is 0 Å². The molecule has 168 valence electrons. The van der Waals surface area contributed by atoms with Gasteiger partial charge in [-0.3, -0.25) is 9.59 Å². The Morgan fingerprint density at radius 3 is 1.86 bits per heavy atom. The molecule has 0 atom stereocenters. The summed E-state index contributed by atoms with van der Waals surface area (Å²) in [7, 11) is 1.45. The number of methoxy groups -OCH3 is 1. The van der Waals surface area contributed by atoms with Gasteiger partial charge < -0.3 is 9.84 Å². The number of allylic oxidation sites excluding steroid dienone is 6. The van der Waals surface area contributed by atoms with Crippen LogP contribution in [0.25, 0.3) is 0 Å². The topological polar surface area (TPSA) is 63.6 Å². The summed E-state index contributed by atoms with van der Waals surface area (Å²) >= 11 is 0. The first kappa shape index (κ1) is 29.4. The first-order chi connectivity index (χ1) is 14.1. The maximum absolute atomic E-state index is 10.9. The van der Waals surface area contributed by atoms with Crippen LogP contribution >= 0.6 is 0 Å². The Morgan fingerprint density at radius 1 is 0.724 bits per heavy atom. The highest BCUT2D eigenvalue weighted by Gasteiger charge is 1.98. The van der Waals surface area contributed by atoms with Crippen molar-refractivity contribution in [3.63, 3.8) is 0 Å². The van der Waals surface area contributed by atoms with Crippen LogP contribution in [0.2, 0.25) is 0 Å². The quantitative estimate of drug-likeness (QED) is 0.155. The van der Waals surface area contributed by atoms with Gasteiger partial charge in [0, 0.05) is 12.8 Å². The number of carbonyl (C=O) groups is 2. The number of carboxylic acid groups (broad SMARTS) is 1. The molecule has 0 spiro atoms. The number of ether oxygens (including phenoxy) is 1. The second kappa shape index (κ2) is 26.2. The van der Waals surface area contributed by atoms with Crippen LogP contribution in [0.15, 0.2) is 36.5 Å². The van der Waals surface area contributed by atoms with Crippen molar-refractivity contribution < 1.29 is 19.4 Å². The molecule has 0 aliphatic rings. The average Bonchev–Trinajstić information content (AvgIpc) is 2.71. The highest BCUT2D eigenvalue weighted by Crippen LogP contribution is 2.08. The minimum atomic E-state index is -0.682. The van der Waals surface area contributed by atoms with E-state index in [2.05, 4.69) is 55.0 Å². The number of hydrogen-bond acceptors (Lipinski definition) is 3. The highest BCUT2D eigenvalue weighted by molar-refractivity contribution is 5.69. The first-order valence-electron chi connectivity index (χ1n) is 11.3. The fraction of sp³-hybridized carbons (Fsp3) is 0.680. The Labute approximate surface area is 179 Å². The van der Waals surface area contributed by atoms with Gasteiger partial charge in [0.2, 0.25) is 0 Å². The summed E-state index contributed by atoms with van der Waals surface area (Å²) in [5.74, 6) is -0.769. The van der Waals surface area contributed by atoms with Crippen molar-refractivity contribution in [1.29, 1.82) is 0 Å². The zero-order valence-corrected chi connectivity index (χ0v) is 19.0. The van der Waals surface area contributed by atoms with Crippen molar-refractivity contribution >= 4 is 11.9 Å². The van der Waals surface area contributed by atoms with Crippen molar-refractivity contribution in [3.05, 3.63) is 36.5 Å². The van der Waals surface area contributed by atoms with E-state index < -0.39 is 5.97 Å². The van der Waals surface area contributed by atoms with Gasteiger partial charge in [-0.1, -0.05) is 82.4 Å². The van der Waals surface area contributed by atoms with E-state index in [1.807, 2.05) is 0 Å². The van der Waals surface area contributed by atoms with Crippen LogP contribution in [-0.4, -0.2) is 24.2 Å². The van der Waals surface area contributed by atoms with E-state index >= 15 is 0 Å². The van der Waals surface area contributed by atoms with Gasteiger partial charge in [0.05, 0.1) is 7.11 Å². The second-order valence-electron chi connectivity index (χ2n) is 7.03. The number of carbonyl (C=O) groups excluding carboxylic acids is 1. The molecule has 0 aliphatic heterocycles. The number of hydrogen-bond donors (Lipinski definition) is 1. The van der Waals surface area contributed by atoms with Crippen LogP contribution < -0.4 is 0 Å². The predicted molar refractivity (Wildman–Crippen MR) is 123 cm³/mol. The number of esters is 1. The van der Waals surface area contributed by atoms with Gasteiger partial charge in [-0.25, -0.2) is 0 Å². The third-order valence-corrected chi connectivity index (χ3v) is 4.25. The molecule has 0 unspecified atom stereocenters. The summed E-state index contributed by atoms with van der Waals surface area (Å²) in [5, 5.41) is 8.14. The van der Waals surface area contributed by atoms with E-state index in [-0.39, 0.29) is 5.97 Å². The molecule has 0 heterocycles. The Hall–Kier alpha value is -1.84. The summed E-state index contributed by atoms with van der Waals surface area (Å²) < 4.78 is 4.61. The first-order valence-corrected chi connectivity index (χ1v) is 11.3. The van der Waals surface area contributed by atoms with E-state index in [0.29, 0.717) is 12.8 Å². The summed E-state index contributed by atoms with van der Waals surface area (Å²) in [4.78, 5) is 20.8. The zero-order valence-electron chi connectivity index (χ0n) is 19.0. The molecular formula is C25H44O4. The fourth-order valence-corrected chi connectivity index (χ4v) is 2.52. The van der Waals surface area contributed by atoms with Crippen LogP contribution in [-0.2, 0) is 14.3 Å². The molecule has 4 nitrogen and oxygen atoms in total. The molecule has 0 aromatic carbocycles. The lowest BCUT2D eigenvalue weighted by Crippen LogP contribution is -1.98. The lowest BCUT2D eigenvalue weighted by Gasteiger charge is -1.99. The minimum Gasteiger partial charge on any atom is -0.481 e. The van der Waals surface area contributed by atoms with Gasteiger partial charge in [0.15, 0.2) is 0 Å². The smallest absolute Gasteiger partial charge is 0.305 e. The fourth-order valence-electron chi connectivity index (χ4n) is 2.52. The van der Waals surface area contributed by atoms with Crippen LogP contribution in [0.5, 0.6) is 0 Å². The Bertz CT molecular complexity index is 450. The summed E-state index contributed by atoms with van der Waals surface area (Å²) in [5.41, 5.74) is 0. The van der Waals surface area contributed by atoms with E-state index in [9.17, 15) is 9.59 Å². The average molecular weight is 409 g/mol. The molecule has 4 heteroatoms. The summed E-state index contributed by atoms with van der Waals surface area (Å²) in [6.07, 6.45) is 27.4. The monoisotopic (exact) mass is 408 g/mol. The van der Waals surface area contributed by atoms with Crippen molar-refractivity contribution in [2.24, 2.45) is 0 Å². The SMILES string of the molecule is CC/C=C\C/C=C\C/C=C\CCCCCCCC(=O)OC.CCCCCC(=O)O. The van der Waals surface area contributed by atoms with Crippen LogP contribution in [0.3, 0.4) is 0 Å². The molecule has 0 fully saturated rings. The maximum Gasteiger partial charge on any atom is 0.305 e. The van der Waals surface area contributed by atoms with Crippen molar-refractivity contribution in [3.8, 4) is 0 Å². The normalized spacial score (nSPS) is 11.1. The van der Waals surface area contributed by atoms with Gasteiger partial charge in [-0.05, 0) is 44.9 Å². The summed E-state index contributed by atoms with van der Waals surface area (Å²) in [6.45, 7) is 4.21. The molecule has 0 aliphatic carbocycles. The number of carboxylic acids is 1. The highest BCUT2D eigenvalue weighted by atomic mass is 16.5. The van der Waals surface area contributed by atoms with Crippen LogP contribution in [0, 0.1) is 0 Å². The predicted octanol–water partition coefficient (Wildman–Crippen LogP) is 7.40. The molecule has 0 saturated heterocycles. The summed E-state index contributed by atoms with van der Waals surface area (Å²) in [6, 6.07) is 0. The molecule has 0 aromatic rings. The Kier molecular flexibility index (Phi) is 26.5. The number of rotatable bonds is 17. The van der Waals surface area contributed by atoms with Gasteiger partial charge >= 0.3 is 11.9 Å². The molecule has 0 bridgehead atoms. The van der Waals surface area contributed by atoms with Crippen molar-refractivity contribution in [1.82, 2.24) is 0 Å². The number of aliphatic carboxylic acids is 1. The molecule has 0 radical (unpaired) electrons. The van der Waals surface area contributed by atoms with E-state index in [4.69, 9.17) is 5.11 Å². The van der Waals surface area contributed by atoms with Gasteiger partial charge in [0.1, 0.15) is 0 Å². The molecule has 0 amide bonds. The molecule has 29 heavy (non-hydrogen) atoms. The van der Waals surface area contributed by atoms with E-state index in [1.54, 1.807) is 0 Å². The molecule has 1 N–H and O–H groups in total. The van der Waals surface area contributed by atoms with Crippen molar-refractivity contribution in [2.45, 2.75) is 104 Å². The lowest BCUT2D eigenvalue weighted by molar-refractivity contribution is -0.141. The zero-order chi connectivity index (χ0) is 22.0. The van der Waals surface area contributed by atoms with Crippen LogP contribution in [0.4, 0.5) is 0 Å². The van der Waals surface area contributed by atoms with Gasteiger partial charge in [0.25, 0.3) is 0 Å². The third kappa shape index (κ3) is 31.1. The second-order valence-corrected chi connectivity index (χ2v) is 7.03. The molecule has 0 saturated carbocycles. The molecule has 0 aromatic heterocycles. The lowest BCUT2D eigenvalue weighted by atomic mass is 10.1. The van der Waals surface area contributed by atoms with Crippen LogP contribution in [0.1, 0.15) is 104 Å². The largest absolute Gasteiger partial charge is 0.481 e. The standard InChI is InChI=1S/C19H32O2.C6H12O2/c1-3-4-5-6-7-8-9-10-11-12-13-14-15-16-17-18-19(20)21-2;1-2-3-4-5-6(7)8/h4-5,7-8,10-11H,3,6,9,12-18H2,1-2H3;2-5H2,1H3,(H,7,8)/b5-4-,8-7-,11-10-;. The maximum atomic E-state index is 10.9. The third-order valence-electron chi connectivity index (χ3n) is 4.25. The van der Waals surface area contributed by atoms with E-state index in [1.165, 1.54) is 32.8 Å². The van der Waals surface area contributed by atoms with E-state index in [0.717, 1.165) is 51.4 Å².